The van der Waals surface area contributed by atoms with Gasteiger partial charge in [-0.1, -0.05) is 18.3 Å². The van der Waals surface area contributed by atoms with Crippen LogP contribution in [0.4, 0.5) is 15.3 Å². The number of imidazole rings is 1. The predicted octanol–water partition coefficient (Wildman–Crippen LogP) is 5.53. The average molecular weight is 582 g/mol. The summed E-state index contributed by atoms with van der Waals surface area (Å²) in [6.07, 6.45) is 7.76. The Morgan fingerprint density at radius 2 is 1.86 bits per heavy atom. The summed E-state index contributed by atoms with van der Waals surface area (Å²) in [5.41, 5.74) is 4.48. The second kappa shape index (κ2) is 11.4. The Kier molecular flexibility index (Phi) is 7.49. The molecule has 4 heterocycles. The largest absolute Gasteiger partial charge is 0.393 e. The van der Waals surface area contributed by atoms with E-state index < -0.39 is 6.10 Å². The molecule has 0 spiro atoms. The van der Waals surface area contributed by atoms with E-state index in [1.54, 1.807) is 24.5 Å². The highest BCUT2D eigenvalue weighted by molar-refractivity contribution is 7.16. The molecule has 0 amide bonds. The molecule has 0 saturated heterocycles. The SMILES string of the molecule is CCc1nc2ccc(-c3cnc(CC(=O)C4CC[C@@H](O)C4)nc3)cn2c1N(C)c1nc(-c2ccc(F)cc2)c(C#N)s1. The number of aliphatic hydroxyl groups is 1. The van der Waals surface area contributed by atoms with Crippen LogP contribution in [-0.4, -0.2) is 48.4 Å². The number of ketones is 1. The Balaban J connectivity index is 1.30. The number of hydrogen-bond acceptors (Lipinski definition) is 9. The zero-order chi connectivity index (χ0) is 29.4. The first-order valence-electron chi connectivity index (χ1n) is 13.8. The average Bonchev–Trinajstić information content (AvgIpc) is 3.73. The summed E-state index contributed by atoms with van der Waals surface area (Å²) in [4.78, 5) is 33.5. The smallest absolute Gasteiger partial charge is 0.192 e. The molecule has 1 unspecified atom stereocenters. The van der Waals surface area contributed by atoms with Gasteiger partial charge in [-0.3, -0.25) is 9.20 Å². The van der Waals surface area contributed by atoms with Crippen molar-refractivity contribution in [2.75, 3.05) is 11.9 Å². The highest BCUT2D eigenvalue weighted by Gasteiger charge is 2.29. The van der Waals surface area contributed by atoms with Gasteiger partial charge in [0.1, 0.15) is 45.5 Å². The zero-order valence-electron chi connectivity index (χ0n) is 23.2. The molecule has 1 aliphatic carbocycles. The third-order valence-corrected chi connectivity index (χ3v) is 8.71. The molecule has 6 rings (SSSR count). The lowest BCUT2D eigenvalue weighted by Gasteiger charge is -2.17. The van der Waals surface area contributed by atoms with Crippen LogP contribution in [0, 0.1) is 23.1 Å². The highest BCUT2D eigenvalue weighted by atomic mass is 32.1. The minimum absolute atomic E-state index is 0.0724. The first-order valence-corrected chi connectivity index (χ1v) is 14.6. The van der Waals surface area contributed by atoms with Crippen LogP contribution in [0.25, 0.3) is 28.0 Å². The van der Waals surface area contributed by atoms with Crippen molar-refractivity contribution in [3.05, 3.63) is 77.2 Å². The number of anilines is 2. The molecule has 0 aliphatic heterocycles. The number of aryl methyl sites for hydroxylation is 1. The first kappa shape index (κ1) is 27.6. The molecule has 9 nitrogen and oxygen atoms in total. The Morgan fingerprint density at radius 3 is 2.52 bits per heavy atom. The van der Waals surface area contributed by atoms with Crippen LogP contribution in [0.5, 0.6) is 0 Å². The molecule has 42 heavy (non-hydrogen) atoms. The third kappa shape index (κ3) is 5.26. The van der Waals surface area contributed by atoms with Crippen LogP contribution in [0.1, 0.15) is 42.6 Å². The van der Waals surface area contributed by atoms with Crippen LogP contribution < -0.4 is 4.90 Å². The minimum Gasteiger partial charge on any atom is -0.393 e. The van der Waals surface area contributed by atoms with E-state index in [0.29, 0.717) is 52.8 Å². The molecule has 1 saturated carbocycles. The number of thiazole rings is 1. The predicted molar refractivity (Wildman–Crippen MR) is 158 cm³/mol. The van der Waals surface area contributed by atoms with Crippen LogP contribution in [0.2, 0.25) is 0 Å². The van der Waals surface area contributed by atoms with Crippen LogP contribution >= 0.6 is 11.3 Å². The number of hydrogen-bond donors (Lipinski definition) is 1. The van der Waals surface area contributed by atoms with E-state index in [0.717, 1.165) is 28.3 Å². The van der Waals surface area contributed by atoms with Gasteiger partial charge in [-0.25, -0.2) is 24.3 Å². The Bertz CT molecular complexity index is 1810. The number of rotatable bonds is 8. The number of aromatic nitrogens is 5. The van der Waals surface area contributed by atoms with Crippen LogP contribution in [0.15, 0.2) is 55.0 Å². The van der Waals surface area contributed by atoms with Crippen molar-refractivity contribution in [1.29, 1.82) is 5.26 Å². The molecule has 1 fully saturated rings. The summed E-state index contributed by atoms with van der Waals surface area (Å²) in [5.74, 6) is 0.890. The molecular formula is C31H28FN7O2S. The molecule has 1 aromatic carbocycles. The van der Waals surface area contributed by atoms with E-state index in [2.05, 4.69) is 16.0 Å². The number of carbonyl (C=O) groups excluding carboxylic acids is 1. The van der Waals surface area contributed by atoms with E-state index in [4.69, 9.17) is 9.97 Å². The molecule has 2 atom stereocenters. The number of benzene rings is 1. The molecule has 11 heteroatoms. The lowest BCUT2D eigenvalue weighted by Crippen LogP contribution is -2.16. The maximum atomic E-state index is 13.5. The number of aliphatic hydroxyl groups excluding tert-OH is 1. The number of fused-ring (bicyclic) bond motifs is 1. The van der Waals surface area contributed by atoms with Crippen molar-refractivity contribution in [3.8, 4) is 28.5 Å². The van der Waals surface area contributed by atoms with Gasteiger partial charge in [-0.2, -0.15) is 5.26 Å². The van der Waals surface area contributed by atoms with Crippen LogP contribution in [0.3, 0.4) is 0 Å². The van der Waals surface area contributed by atoms with Gasteiger partial charge in [-0.15, -0.1) is 0 Å². The minimum atomic E-state index is -0.390. The van der Waals surface area contributed by atoms with Crippen molar-refractivity contribution in [2.45, 2.75) is 45.1 Å². The van der Waals surface area contributed by atoms with Crippen molar-refractivity contribution in [2.24, 2.45) is 5.92 Å². The zero-order valence-corrected chi connectivity index (χ0v) is 24.0. The summed E-state index contributed by atoms with van der Waals surface area (Å²) in [5, 5.41) is 20.2. The van der Waals surface area contributed by atoms with Gasteiger partial charge < -0.3 is 10.0 Å². The summed E-state index contributed by atoms with van der Waals surface area (Å²) in [6.45, 7) is 2.03. The summed E-state index contributed by atoms with van der Waals surface area (Å²) in [7, 11) is 1.89. The normalized spacial score (nSPS) is 16.5. The van der Waals surface area contributed by atoms with Gasteiger partial charge >= 0.3 is 0 Å². The van der Waals surface area contributed by atoms with E-state index >= 15 is 0 Å². The molecule has 5 aromatic rings. The van der Waals surface area contributed by atoms with E-state index in [-0.39, 0.29) is 23.9 Å². The highest BCUT2D eigenvalue weighted by Crippen LogP contribution is 2.37. The van der Waals surface area contributed by atoms with Gasteiger partial charge in [0.15, 0.2) is 5.13 Å². The number of nitriles is 1. The Hall–Kier alpha value is -4.53. The fraction of sp³-hybridized carbons (Fsp3) is 0.290. The lowest BCUT2D eigenvalue weighted by molar-refractivity contribution is -0.122. The third-order valence-electron chi connectivity index (χ3n) is 7.67. The molecule has 0 bridgehead atoms. The van der Waals surface area contributed by atoms with Crippen LogP contribution in [-0.2, 0) is 17.6 Å². The van der Waals surface area contributed by atoms with E-state index in [1.807, 2.05) is 41.6 Å². The maximum Gasteiger partial charge on any atom is 0.192 e. The Labute approximate surface area is 246 Å². The summed E-state index contributed by atoms with van der Waals surface area (Å²) < 4.78 is 15.5. The van der Waals surface area contributed by atoms with Gasteiger partial charge in [0.05, 0.1) is 18.2 Å². The lowest BCUT2D eigenvalue weighted by atomic mass is 10.00. The number of Topliss-reactive ketones (excluding diaryl/α,β-unsaturated/α-hetero) is 1. The van der Waals surface area contributed by atoms with Gasteiger partial charge in [0.25, 0.3) is 0 Å². The Morgan fingerprint density at radius 1 is 1.12 bits per heavy atom. The molecule has 212 valence electrons. The standard InChI is InChI=1S/C31H28FN7O2S/c1-3-24-30(38(2)31-37-29(26(14-33)42-31)18-4-8-22(32)9-5-18)39-17-20(7-11-28(39)36-24)21-15-34-27(35-16-21)13-25(41)19-6-10-23(40)12-19/h4-5,7-9,11,15-17,19,23,40H,3,6,10,12-13H2,1-2H3/t19?,23-/m1/s1. The fourth-order valence-corrected chi connectivity index (χ4v) is 6.26. The van der Waals surface area contributed by atoms with Crippen molar-refractivity contribution in [3.63, 3.8) is 0 Å². The molecule has 1 N–H and O–H groups in total. The molecule has 1 aliphatic rings. The van der Waals surface area contributed by atoms with Crippen molar-refractivity contribution < 1.29 is 14.3 Å². The second-order valence-corrected chi connectivity index (χ2v) is 11.4. The summed E-state index contributed by atoms with van der Waals surface area (Å²) in [6, 6.07) is 12.1. The fourth-order valence-electron chi connectivity index (χ4n) is 5.41. The van der Waals surface area contributed by atoms with Crippen molar-refractivity contribution >= 4 is 33.7 Å². The number of nitrogens with zero attached hydrogens (tertiary/aromatic N) is 7. The molecule has 0 radical (unpaired) electrons. The van der Waals surface area contributed by atoms with E-state index in [1.165, 1.54) is 23.5 Å². The van der Waals surface area contributed by atoms with Gasteiger partial charge in [-0.05, 0) is 62.1 Å². The first-order chi connectivity index (χ1) is 20.3. The van der Waals surface area contributed by atoms with Gasteiger partial charge in [0.2, 0.25) is 0 Å². The quantitative estimate of drug-likeness (QED) is 0.254. The number of halogens is 1. The number of carbonyl (C=O) groups is 1. The van der Waals surface area contributed by atoms with Gasteiger partial charge in [0, 0.05) is 48.2 Å². The molecular weight excluding hydrogens is 553 g/mol. The number of pyridine rings is 1. The maximum absolute atomic E-state index is 13.5. The van der Waals surface area contributed by atoms with Crippen molar-refractivity contribution in [1.82, 2.24) is 24.3 Å². The molecule has 4 aromatic heterocycles. The summed E-state index contributed by atoms with van der Waals surface area (Å²) >= 11 is 1.27. The second-order valence-electron chi connectivity index (χ2n) is 10.4. The monoisotopic (exact) mass is 581 g/mol. The van der Waals surface area contributed by atoms with E-state index in [9.17, 15) is 19.6 Å². The topological polar surface area (TPSA) is 120 Å².